The summed E-state index contributed by atoms with van der Waals surface area (Å²) in [6, 6.07) is 4.89. The van der Waals surface area contributed by atoms with Crippen LogP contribution in [0.25, 0.3) is 0 Å². The highest BCUT2D eigenvalue weighted by Gasteiger charge is 2.40. The molecule has 1 saturated carbocycles. The smallest absolute Gasteiger partial charge is 0.257 e. The average Bonchev–Trinajstić information content (AvgIpc) is 2.96. The van der Waals surface area contributed by atoms with Gasteiger partial charge >= 0.3 is 0 Å². The zero-order valence-corrected chi connectivity index (χ0v) is 15.3. The van der Waals surface area contributed by atoms with Crippen LogP contribution in [0.3, 0.4) is 0 Å². The number of hydrogen-bond donors (Lipinski definition) is 0. The number of nitrogens with zero attached hydrogens (tertiary/aromatic N) is 2. The lowest BCUT2D eigenvalue weighted by Gasteiger charge is -2.32. The molecule has 0 bridgehead atoms. The highest BCUT2D eigenvalue weighted by Crippen LogP contribution is 2.30. The van der Waals surface area contributed by atoms with E-state index in [0.717, 1.165) is 19.4 Å². The zero-order chi connectivity index (χ0) is 17.3. The molecule has 1 saturated heterocycles. The quantitative estimate of drug-likeness (QED) is 0.808. The van der Waals surface area contributed by atoms with Crippen LogP contribution < -0.4 is 0 Å². The Hall–Kier alpha value is -1.26. The first-order valence-electron chi connectivity index (χ1n) is 8.52. The molecule has 0 aromatic heterocycles. The minimum Gasteiger partial charge on any atom is -0.338 e. The van der Waals surface area contributed by atoms with Crippen LogP contribution in [0.15, 0.2) is 18.2 Å². The molecule has 1 unspecified atom stereocenters. The summed E-state index contributed by atoms with van der Waals surface area (Å²) in [7, 11) is 1.66. The van der Waals surface area contributed by atoms with Gasteiger partial charge in [0.25, 0.3) is 5.91 Å². The summed E-state index contributed by atoms with van der Waals surface area (Å²) in [6.45, 7) is 0.724. The summed E-state index contributed by atoms with van der Waals surface area (Å²) in [5.41, 5.74) is 0.271. The predicted octanol–water partition coefficient (Wildman–Crippen LogP) is 4.00. The molecule has 2 aliphatic rings. The number of carbonyl (C=O) groups is 2. The third-order valence-corrected chi connectivity index (χ3v) is 5.82. The highest BCUT2D eigenvalue weighted by molar-refractivity contribution is 6.39. The Kier molecular flexibility index (Phi) is 5.36. The molecule has 1 aromatic carbocycles. The molecule has 1 aromatic rings. The molecule has 2 amide bonds. The second-order valence-corrected chi connectivity index (χ2v) is 7.46. The molecule has 2 fully saturated rings. The Morgan fingerprint density at radius 3 is 2.38 bits per heavy atom. The minimum atomic E-state index is -0.424. The lowest BCUT2D eigenvalue weighted by Crippen LogP contribution is -2.46. The largest absolute Gasteiger partial charge is 0.338 e. The van der Waals surface area contributed by atoms with E-state index in [4.69, 9.17) is 23.2 Å². The summed E-state index contributed by atoms with van der Waals surface area (Å²) in [5, 5.41) is 0.628. The molecular weight excluding hydrogens is 347 g/mol. The maximum Gasteiger partial charge on any atom is 0.257 e. The maximum absolute atomic E-state index is 12.8. The van der Waals surface area contributed by atoms with Crippen molar-refractivity contribution in [2.24, 2.45) is 0 Å². The van der Waals surface area contributed by atoms with Crippen molar-refractivity contribution in [3.05, 3.63) is 33.8 Å². The Labute approximate surface area is 152 Å². The van der Waals surface area contributed by atoms with E-state index in [-0.39, 0.29) is 17.4 Å². The number of benzene rings is 1. The molecule has 1 heterocycles. The van der Waals surface area contributed by atoms with E-state index in [9.17, 15) is 9.59 Å². The molecule has 1 aliphatic heterocycles. The fourth-order valence-electron chi connectivity index (χ4n) is 3.82. The SMILES string of the molecule is CN(C(=O)c1c(Cl)cccc1Cl)C1CCN(C2CCCCC2)C1=O. The molecule has 1 atom stereocenters. The fraction of sp³-hybridized carbons (Fsp3) is 0.556. The van der Waals surface area contributed by atoms with Gasteiger partial charge in [-0.2, -0.15) is 0 Å². The number of halogens is 2. The summed E-state index contributed by atoms with van der Waals surface area (Å²) in [4.78, 5) is 29.1. The van der Waals surface area contributed by atoms with Crippen LogP contribution in [-0.4, -0.2) is 47.3 Å². The minimum absolute atomic E-state index is 0.0564. The number of likely N-dealkylation sites (N-methyl/N-ethyl adjacent to an activating group) is 1. The van der Waals surface area contributed by atoms with Crippen LogP contribution in [-0.2, 0) is 4.79 Å². The molecule has 130 valence electrons. The molecule has 4 nitrogen and oxygen atoms in total. The monoisotopic (exact) mass is 368 g/mol. The second-order valence-electron chi connectivity index (χ2n) is 6.64. The normalized spacial score (nSPS) is 22.0. The second kappa shape index (κ2) is 7.32. The van der Waals surface area contributed by atoms with Crippen LogP contribution in [0, 0.1) is 0 Å². The molecule has 24 heavy (non-hydrogen) atoms. The van der Waals surface area contributed by atoms with Gasteiger partial charge in [0.05, 0.1) is 15.6 Å². The van der Waals surface area contributed by atoms with E-state index in [1.54, 1.807) is 25.2 Å². The van der Waals surface area contributed by atoms with Gasteiger partial charge in [-0.15, -0.1) is 0 Å². The van der Waals surface area contributed by atoms with E-state index in [1.807, 2.05) is 4.90 Å². The van der Waals surface area contributed by atoms with Crippen LogP contribution >= 0.6 is 23.2 Å². The van der Waals surface area contributed by atoms with Crippen molar-refractivity contribution < 1.29 is 9.59 Å². The van der Waals surface area contributed by atoms with Gasteiger partial charge in [0.1, 0.15) is 6.04 Å². The van der Waals surface area contributed by atoms with Crippen molar-refractivity contribution in [1.82, 2.24) is 9.80 Å². The van der Waals surface area contributed by atoms with Crippen molar-refractivity contribution in [2.75, 3.05) is 13.6 Å². The topological polar surface area (TPSA) is 40.6 Å². The Morgan fingerprint density at radius 2 is 1.75 bits per heavy atom. The van der Waals surface area contributed by atoms with Crippen LogP contribution in [0.5, 0.6) is 0 Å². The predicted molar refractivity (Wildman–Crippen MR) is 95.5 cm³/mol. The molecule has 0 N–H and O–H groups in total. The number of amides is 2. The third kappa shape index (κ3) is 3.27. The molecule has 0 spiro atoms. The number of carbonyl (C=O) groups excluding carboxylic acids is 2. The Balaban J connectivity index is 1.74. The van der Waals surface area contributed by atoms with E-state index in [1.165, 1.54) is 24.2 Å². The van der Waals surface area contributed by atoms with Crippen LogP contribution in [0.4, 0.5) is 0 Å². The number of hydrogen-bond acceptors (Lipinski definition) is 2. The lowest BCUT2D eigenvalue weighted by atomic mass is 9.94. The van der Waals surface area contributed by atoms with Crippen molar-refractivity contribution >= 4 is 35.0 Å². The van der Waals surface area contributed by atoms with E-state index in [0.29, 0.717) is 22.5 Å². The fourth-order valence-corrected chi connectivity index (χ4v) is 4.38. The molecule has 6 heteroatoms. The van der Waals surface area contributed by atoms with E-state index in [2.05, 4.69) is 0 Å². The first kappa shape index (κ1) is 17.6. The summed E-state index contributed by atoms with van der Waals surface area (Å²) in [6.07, 6.45) is 6.44. The maximum atomic E-state index is 12.8. The third-order valence-electron chi connectivity index (χ3n) is 5.19. The van der Waals surface area contributed by atoms with Crippen molar-refractivity contribution in [2.45, 2.75) is 50.6 Å². The summed E-state index contributed by atoms with van der Waals surface area (Å²) in [5.74, 6) is -0.240. The zero-order valence-electron chi connectivity index (χ0n) is 13.8. The summed E-state index contributed by atoms with van der Waals surface area (Å²) < 4.78 is 0. The van der Waals surface area contributed by atoms with Gasteiger partial charge in [0.15, 0.2) is 0 Å². The van der Waals surface area contributed by atoms with Gasteiger partial charge in [-0.3, -0.25) is 9.59 Å². The first-order valence-corrected chi connectivity index (χ1v) is 9.28. The summed E-state index contributed by atoms with van der Waals surface area (Å²) >= 11 is 12.3. The Morgan fingerprint density at radius 1 is 1.12 bits per heavy atom. The molecule has 1 aliphatic carbocycles. The van der Waals surface area contributed by atoms with Gasteiger partial charge < -0.3 is 9.80 Å². The van der Waals surface area contributed by atoms with Gasteiger partial charge in [0.2, 0.25) is 5.91 Å². The van der Waals surface area contributed by atoms with E-state index < -0.39 is 6.04 Å². The van der Waals surface area contributed by atoms with Crippen molar-refractivity contribution in [1.29, 1.82) is 0 Å². The van der Waals surface area contributed by atoms with Gasteiger partial charge in [-0.1, -0.05) is 48.5 Å². The standard InChI is InChI=1S/C18H22Cl2N2O2/c1-21(18(24)16-13(19)8-5-9-14(16)20)15-10-11-22(17(15)23)12-6-3-2-4-7-12/h5,8-9,12,15H,2-4,6-7,10-11H2,1H3. The van der Waals surface area contributed by atoms with Gasteiger partial charge in [-0.25, -0.2) is 0 Å². The van der Waals surface area contributed by atoms with Crippen molar-refractivity contribution in [3.8, 4) is 0 Å². The van der Waals surface area contributed by atoms with E-state index >= 15 is 0 Å². The van der Waals surface area contributed by atoms with Crippen molar-refractivity contribution in [3.63, 3.8) is 0 Å². The number of rotatable bonds is 3. The Bertz CT molecular complexity index is 624. The first-order chi connectivity index (χ1) is 11.5. The van der Waals surface area contributed by atoms with Gasteiger partial charge in [-0.05, 0) is 31.4 Å². The highest BCUT2D eigenvalue weighted by atomic mass is 35.5. The van der Waals surface area contributed by atoms with Gasteiger partial charge in [0, 0.05) is 19.6 Å². The molecule has 0 radical (unpaired) electrons. The lowest BCUT2D eigenvalue weighted by molar-refractivity contribution is -0.133. The molecule has 3 rings (SSSR count). The average molecular weight is 369 g/mol. The molecular formula is C18H22Cl2N2O2. The number of likely N-dealkylation sites (tertiary alicyclic amines) is 1. The van der Waals surface area contributed by atoms with Crippen LogP contribution in [0.1, 0.15) is 48.9 Å². The van der Waals surface area contributed by atoms with Crippen LogP contribution in [0.2, 0.25) is 10.0 Å².